The van der Waals surface area contributed by atoms with Crippen LogP contribution in [0, 0.1) is 6.92 Å². The number of rotatable bonds is 6. The van der Waals surface area contributed by atoms with Gasteiger partial charge in [-0.05, 0) is 47.7 Å². The lowest BCUT2D eigenvalue weighted by Crippen LogP contribution is -2.48. The van der Waals surface area contributed by atoms with Crippen molar-refractivity contribution >= 4 is 15.9 Å². The predicted molar refractivity (Wildman–Crippen MR) is 130 cm³/mol. The zero-order valence-electron chi connectivity index (χ0n) is 19.4. The molecule has 0 saturated heterocycles. The van der Waals surface area contributed by atoms with Crippen LogP contribution in [0.1, 0.15) is 27.9 Å². The van der Waals surface area contributed by atoms with E-state index in [4.69, 9.17) is 9.47 Å². The van der Waals surface area contributed by atoms with Crippen LogP contribution in [-0.4, -0.2) is 43.5 Å². The van der Waals surface area contributed by atoms with Gasteiger partial charge in [-0.15, -0.1) is 0 Å². The van der Waals surface area contributed by atoms with Gasteiger partial charge in [0.25, 0.3) is 5.91 Å². The molecule has 0 aliphatic carbocycles. The summed E-state index contributed by atoms with van der Waals surface area (Å²) in [5.74, 6) is 0.997. The fourth-order valence-corrected chi connectivity index (χ4v) is 5.61. The van der Waals surface area contributed by atoms with E-state index < -0.39 is 16.1 Å². The summed E-state index contributed by atoms with van der Waals surface area (Å²) < 4.78 is 39.6. The third-order valence-corrected chi connectivity index (χ3v) is 7.66. The SMILES string of the molecule is Cc1ncc2c(c1CNS(=O)(=O)Cc1ccccc1)CCN(C(=O)[C@@H]1COc3ccccc3O1)C2. The smallest absolute Gasteiger partial charge is 0.267 e. The average molecular weight is 494 g/mol. The molecule has 2 aromatic carbocycles. The van der Waals surface area contributed by atoms with Crippen molar-refractivity contribution in [2.75, 3.05) is 13.2 Å². The number of carbonyl (C=O) groups excluding carboxylic acids is 1. The van der Waals surface area contributed by atoms with Crippen LogP contribution in [0.3, 0.4) is 0 Å². The van der Waals surface area contributed by atoms with Crippen LogP contribution in [0.15, 0.2) is 60.8 Å². The lowest BCUT2D eigenvalue weighted by atomic mass is 9.95. The van der Waals surface area contributed by atoms with E-state index >= 15 is 0 Å². The van der Waals surface area contributed by atoms with E-state index in [1.807, 2.05) is 43.3 Å². The lowest BCUT2D eigenvalue weighted by Gasteiger charge is -2.34. The minimum atomic E-state index is -3.51. The van der Waals surface area contributed by atoms with Gasteiger partial charge in [0.05, 0.1) is 5.75 Å². The van der Waals surface area contributed by atoms with Crippen LogP contribution in [0.25, 0.3) is 0 Å². The minimum Gasteiger partial charge on any atom is -0.485 e. The molecule has 0 unspecified atom stereocenters. The third kappa shape index (κ3) is 5.16. The van der Waals surface area contributed by atoms with E-state index in [2.05, 4.69) is 9.71 Å². The highest BCUT2D eigenvalue weighted by atomic mass is 32.2. The number of nitrogens with one attached hydrogen (secondary N) is 1. The molecule has 0 fully saturated rings. The summed E-state index contributed by atoms with van der Waals surface area (Å²) in [5.41, 5.74) is 4.36. The van der Waals surface area contributed by atoms with Crippen LogP contribution in [0.5, 0.6) is 11.5 Å². The highest BCUT2D eigenvalue weighted by molar-refractivity contribution is 7.88. The second-order valence-electron chi connectivity index (χ2n) is 8.77. The molecule has 1 amide bonds. The Kier molecular flexibility index (Phi) is 6.44. The molecule has 35 heavy (non-hydrogen) atoms. The van der Waals surface area contributed by atoms with E-state index in [0.29, 0.717) is 31.0 Å². The van der Waals surface area contributed by atoms with Crippen LogP contribution >= 0.6 is 0 Å². The standard InChI is InChI=1S/C26H27N3O5S/c1-18-22(14-28-35(31,32)17-19-7-3-2-4-8-19)21-11-12-29(15-20(21)13-27-18)26(30)25-16-33-23-9-5-6-10-24(23)34-25/h2-10,13,25,28H,11-12,14-17H2,1H3/t25-/m0/s1. The molecule has 1 atom stereocenters. The maximum Gasteiger partial charge on any atom is 0.267 e. The first kappa shape index (κ1) is 23.3. The zero-order valence-corrected chi connectivity index (χ0v) is 20.3. The summed E-state index contributed by atoms with van der Waals surface area (Å²) in [6.45, 7) is 3.12. The summed E-state index contributed by atoms with van der Waals surface area (Å²) in [6.07, 6.45) is 1.69. The molecule has 9 heteroatoms. The second kappa shape index (κ2) is 9.67. The van der Waals surface area contributed by atoms with Crippen molar-refractivity contribution in [1.82, 2.24) is 14.6 Å². The third-order valence-electron chi connectivity index (χ3n) is 6.36. The van der Waals surface area contributed by atoms with Gasteiger partial charge < -0.3 is 14.4 Å². The molecule has 5 rings (SSSR count). The molecule has 0 spiro atoms. The van der Waals surface area contributed by atoms with Gasteiger partial charge in [-0.25, -0.2) is 13.1 Å². The molecular weight excluding hydrogens is 466 g/mol. The largest absolute Gasteiger partial charge is 0.485 e. The van der Waals surface area contributed by atoms with Gasteiger partial charge in [0.2, 0.25) is 16.1 Å². The normalized spacial score (nSPS) is 17.1. The molecule has 2 aliphatic heterocycles. The number of nitrogens with zero attached hydrogens (tertiary/aromatic N) is 2. The topological polar surface area (TPSA) is 97.8 Å². The molecule has 3 aromatic rings. The number of ether oxygens (including phenoxy) is 2. The Morgan fingerprint density at radius 2 is 1.86 bits per heavy atom. The predicted octanol–water partition coefficient (Wildman–Crippen LogP) is 2.73. The molecule has 0 radical (unpaired) electrons. The highest BCUT2D eigenvalue weighted by Gasteiger charge is 2.33. The Morgan fingerprint density at radius 1 is 1.11 bits per heavy atom. The summed E-state index contributed by atoms with van der Waals surface area (Å²) in [6, 6.07) is 16.4. The van der Waals surface area contributed by atoms with Crippen LogP contribution in [0.2, 0.25) is 0 Å². The summed E-state index contributed by atoms with van der Waals surface area (Å²) in [5, 5.41) is 0. The first-order valence-corrected chi connectivity index (χ1v) is 13.2. The molecular formula is C26H27N3O5S. The maximum atomic E-state index is 13.2. The van der Waals surface area contributed by atoms with Gasteiger partial charge in [-0.2, -0.15) is 0 Å². The van der Waals surface area contributed by atoms with Crippen LogP contribution in [0.4, 0.5) is 0 Å². The van der Waals surface area contributed by atoms with E-state index in [9.17, 15) is 13.2 Å². The van der Waals surface area contributed by atoms with E-state index in [0.717, 1.165) is 27.9 Å². The Bertz CT molecular complexity index is 1340. The van der Waals surface area contributed by atoms with Gasteiger partial charge in [-0.1, -0.05) is 42.5 Å². The molecule has 1 aromatic heterocycles. The van der Waals surface area contributed by atoms with Crippen molar-refractivity contribution in [1.29, 1.82) is 0 Å². The number of amides is 1. The number of sulfonamides is 1. The number of carbonyl (C=O) groups is 1. The van der Waals surface area contributed by atoms with E-state index in [1.54, 1.807) is 29.3 Å². The van der Waals surface area contributed by atoms with Crippen molar-refractivity contribution < 1.29 is 22.7 Å². The molecule has 0 bridgehead atoms. The highest BCUT2D eigenvalue weighted by Crippen LogP contribution is 2.32. The minimum absolute atomic E-state index is 0.0792. The number of pyridine rings is 1. The van der Waals surface area contributed by atoms with Gasteiger partial charge in [0.1, 0.15) is 6.61 Å². The first-order chi connectivity index (χ1) is 16.9. The van der Waals surface area contributed by atoms with Gasteiger partial charge in [0.15, 0.2) is 11.5 Å². The number of benzene rings is 2. The van der Waals surface area contributed by atoms with E-state index in [-0.39, 0.29) is 24.8 Å². The number of hydrogen-bond acceptors (Lipinski definition) is 6. The Morgan fingerprint density at radius 3 is 2.66 bits per heavy atom. The monoisotopic (exact) mass is 493 g/mol. The van der Waals surface area contributed by atoms with Gasteiger partial charge in [0, 0.05) is 31.5 Å². The van der Waals surface area contributed by atoms with Crippen molar-refractivity contribution in [3.8, 4) is 11.5 Å². The molecule has 2 aliphatic rings. The van der Waals surface area contributed by atoms with Crippen molar-refractivity contribution in [2.45, 2.75) is 38.3 Å². The first-order valence-electron chi connectivity index (χ1n) is 11.5. The van der Waals surface area contributed by atoms with Crippen molar-refractivity contribution in [3.05, 3.63) is 88.7 Å². The average Bonchev–Trinajstić information content (AvgIpc) is 2.87. The maximum absolute atomic E-state index is 13.2. The summed E-state index contributed by atoms with van der Waals surface area (Å²) in [4.78, 5) is 19.4. The summed E-state index contributed by atoms with van der Waals surface area (Å²) >= 11 is 0. The molecule has 182 valence electrons. The van der Waals surface area contributed by atoms with Crippen molar-refractivity contribution in [2.24, 2.45) is 0 Å². The number of hydrogen-bond donors (Lipinski definition) is 1. The molecule has 8 nitrogen and oxygen atoms in total. The number of para-hydroxylation sites is 2. The number of aryl methyl sites for hydroxylation is 1. The summed E-state index contributed by atoms with van der Waals surface area (Å²) in [7, 11) is -3.51. The molecule has 3 heterocycles. The fourth-order valence-electron chi connectivity index (χ4n) is 4.52. The quantitative estimate of drug-likeness (QED) is 0.567. The second-order valence-corrected chi connectivity index (χ2v) is 10.6. The Hall–Kier alpha value is -3.43. The van der Waals surface area contributed by atoms with Gasteiger partial charge in [-0.3, -0.25) is 9.78 Å². The zero-order chi connectivity index (χ0) is 24.4. The molecule has 0 saturated carbocycles. The fraction of sp³-hybridized carbons (Fsp3) is 0.308. The van der Waals surface area contributed by atoms with Crippen LogP contribution in [-0.2, 0) is 40.1 Å². The van der Waals surface area contributed by atoms with Gasteiger partial charge >= 0.3 is 0 Å². The molecule has 1 N–H and O–H groups in total. The Balaban J connectivity index is 1.27. The number of fused-ring (bicyclic) bond motifs is 2. The lowest BCUT2D eigenvalue weighted by molar-refractivity contribution is -0.142. The van der Waals surface area contributed by atoms with Crippen molar-refractivity contribution in [3.63, 3.8) is 0 Å². The number of aromatic nitrogens is 1. The van der Waals surface area contributed by atoms with E-state index in [1.165, 1.54) is 0 Å². The Labute approximate surface area is 204 Å². The van der Waals surface area contributed by atoms with Crippen LogP contribution < -0.4 is 14.2 Å².